The van der Waals surface area contributed by atoms with E-state index in [-0.39, 0.29) is 5.91 Å². The molecule has 0 unspecified atom stereocenters. The lowest BCUT2D eigenvalue weighted by atomic mass is 10.2. The first kappa shape index (κ1) is 17.2. The number of nitrogens with zero attached hydrogens (tertiary/aromatic N) is 3. The van der Waals surface area contributed by atoms with Crippen molar-refractivity contribution in [3.05, 3.63) is 31.8 Å². The van der Waals surface area contributed by atoms with E-state index in [1.54, 1.807) is 0 Å². The zero-order valence-electron chi connectivity index (χ0n) is 12.5. The van der Waals surface area contributed by atoms with Gasteiger partial charge in [-0.1, -0.05) is 0 Å². The summed E-state index contributed by atoms with van der Waals surface area (Å²) in [6.45, 7) is 5.68. The van der Waals surface area contributed by atoms with Gasteiger partial charge in [0.1, 0.15) is 0 Å². The molecule has 0 aromatic heterocycles. The molecule has 0 aliphatic carbocycles. The van der Waals surface area contributed by atoms with E-state index in [1.807, 2.05) is 23.1 Å². The zero-order chi connectivity index (χ0) is 15.4. The maximum Gasteiger partial charge on any atom is 0.255 e. The van der Waals surface area contributed by atoms with Crippen molar-refractivity contribution >= 4 is 44.4 Å². The van der Waals surface area contributed by atoms with E-state index in [4.69, 9.17) is 0 Å². The van der Waals surface area contributed by atoms with E-state index < -0.39 is 0 Å². The molecule has 4 nitrogen and oxygen atoms in total. The molecule has 0 N–H and O–H groups in total. The Labute approximate surface area is 148 Å². The quantitative estimate of drug-likeness (QED) is 0.639. The molecule has 0 radical (unpaired) electrons. The fraction of sp³-hybridized carbons (Fsp3) is 0.533. The van der Waals surface area contributed by atoms with E-state index in [0.29, 0.717) is 0 Å². The monoisotopic (exact) mass is 465 g/mol. The van der Waals surface area contributed by atoms with Crippen LogP contribution in [0, 0.1) is 3.57 Å². The Bertz CT molecular complexity index is 502. The molecular weight excluding hydrogens is 445 g/mol. The molecule has 116 valence electrons. The normalized spacial score (nSPS) is 16.5. The topological polar surface area (TPSA) is 26.8 Å². The molecule has 6 heteroatoms. The second-order valence-corrected chi connectivity index (χ2v) is 7.66. The van der Waals surface area contributed by atoms with Gasteiger partial charge in [-0.25, -0.2) is 0 Å². The third-order valence-electron chi connectivity index (χ3n) is 3.68. The van der Waals surface area contributed by atoms with Crippen molar-refractivity contribution in [1.82, 2.24) is 14.7 Å². The van der Waals surface area contributed by atoms with E-state index in [1.165, 1.54) is 0 Å². The van der Waals surface area contributed by atoms with Gasteiger partial charge in [-0.05, 0) is 70.8 Å². The summed E-state index contributed by atoms with van der Waals surface area (Å²) in [5.41, 5.74) is 0.767. The lowest BCUT2D eigenvalue weighted by Gasteiger charge is -2.35. The van der Waals surface area contributed by atoms with Gasteiger partial charge < -0.3 is 9.80 Å². The molecular formula is C15H21BrIN3O. The molecule has 1 aliphatic rings. The number of amides is 1. The first-order valence-corrected chi connectivity index (χ1v) is 8.96. The van der Waals surface area contributed by atoms with Gasteiger partial charge in [0.15, 0.2) is 0 Å². The van der Waals surface area contributed by atoms with Crippen LogP contribution in [0.4, 0.5) is 0 Å². The number of carbonyl (C=O) groups is 1. The van der Waals surface area contributed by atoms with Crippen LogP contribution in [-0.2, 0) is 0 Å². The number of carbonyl (C=O) groups excluding carboxylic acids is 1. The summed E-state index contributed by atoms with van der Waals surface area (Å²) in [7, 11) is 4.18. The lowest BCUT2D eigenvalue weighted by molar-refractivity contribution is 0.0629. The minimum absolute atomic E-state index is 0.132. The number of hydrogen-bond donors (Lipinski definition) is 0. The van der Waals surface area contributed by atoms with Crippen LogP contribution in [-0.4, -0.2) is 74.0 Å². The van der Waals surface area contributed by atoms with Crippen LogP contribution >= 0.6 is 38.5 Å². The minimum Gasteiger partial charge on any atom is -0.336 e. The second kappa shape index (κ2) is 7.89. The third kappa shape index (κ3) is 4.91. The van der Waals surface area contributed by atoms with E-state index in [9.17, 15) is 4.79 Å². The number of hydrogen-bond acceptors (Lipinski definition) is 3. The van der Waals surface area contributed by atoms with Gasteiger partial charge >= 0.3 is 0 Å². The van der Waals surface area contributed by atoms with E-state index >= 15 is 0 Å². The van der Waals surface area contributed by atoms with E-state index in [0.717, 1.165) is 52.9 Å². The Kier molecular flexibility index (Phi) is 6.46. The van der Waals surface area contributed by atoms with Gasteiger partial charge in [0.2, 0.25) is 0 Å². The SMILES string of the molecule is CN(C)CCN1CCN(C(=O)c2cc(I)ccc2Br)CC1. The van der Waals surface area contributed by atoms with Crippen molar-refractivity contribution in [3.63, 3.8) is 0 Å². The molecule has 1 amide bonds. The Balaban J connectivity index is 1.92. The Morgan fingerprint density at radius 2 is 1.95 bits per heavy atom. The van der Waals surface area contributed by atoms with Crippen LogP contribution in [0.3, 0.4) is 0 Å². The largest absolute Gasteiger partial charge is 0.336 e. The predicted molar refractivity (Wildman–Crippen MR) is 97.8 cm³/mol. The van der Waals surface area contributed by atoms with Crippen LogP contribution in [0.15, 0.2) is 22.7 Å². The summed E-state index contributed by atoms with van der Waals surface area (Å²) in [6, 6.07) is 5.90. The van der Waals surface area contributed by atoms with Gasteiger partial charge in [-0.2, -0.15) is 0 Å². The fourth-order valence-electron chi connectivity index (χ4n) is 2.35. The van der Waals surface area contributed by atoms with Gasteiger partial charge in [-0.3, -0.25) is 9.69 Å². The smallest absolute Gasteiger partial charge is 0.255 e. The summed E-state index contributed by atoms with van der Waals surface area (Å²) in [4.78, 5) is 19.2. The average molecular weight is 466 g/mol. The van der Waals surface area contributed by atoms with Crippen molar-refractivity contribution in [2.75, 3.05) is 53.4 Å². The van der Waals surface area contributed by atoms with Gasteiger partial charge in [0.25, 0.3) is 5.91 Å². The van der Waals surface area contributed by atoms with Gasteiger partial charge in [-0.15, -0.1) is 0 Å². The summed E-state index contributed by atoms with van der Waals surface area (Å²) in [6.07, 6.45) is 0. The lowest BCUT2D eigenvalue weighted by Crippen LogP contribution is -2.50. The number of piperazine rings is 1. The first-order chi connectivity index (χ1) is 9.97. The molecule has 1 heterocycles. The first-order valence-electron chi connectivity index (χ1n) is 7.09. The van der Waals surface area contributed by atoms with Crippen LogP contribution in [0.1, 0.15) is 10.4 Å². The predicted octanol–water partition coefficient (Wildman–Crippen LogP) is 2.37. The molecule has 1 fully saturated rings. The molecule has 21 heavy (non-hydrogen) atoms. The molecule has 1 aliphatic heterocycles. The highest BCUT2D eigenvalue weighted by atomic mass is 127. The Hall–Kier alpha value is -0.180. The minimum atomic E-state index is 0.132. The molecule has 0 atom stereocenters. The molecule has 0 spiro atoms. The van der Waals surface area contributed by atoms with Crippen molar-refractivity contribution in [3.8, 4) is 0 Å². The maximum atomic E-state index is 12.6. The molecule has 1 aromatic carbocycles. The van der Waals surface area contributed by atoms with E-state index in [2.05, 4.69) is 62.4 Å². The van der Waals surface area contributed by atoms with Gasteiger partial charge in [0.05, 0.1) is 5.56 Å². The van der Waals surface area contributed by atoms with Crippen LogP contribution < -0.4 is 0 Å². The summed E-state index contributed by atoms with van der Waals surface area (Å²) >= 11 is 5.73. The van der Waals surface area contributed by atoms with Crippen LogP contribution in [0.25, 0.3) is 0 Å². The highest BCUT2D eigenvalue weighted by Crippen LogP contribution is 2.21. The number of rotatable bonds is 4. The Morgan fingerprint density at radius 1 is 1.29 bits per heavy atom. The summed E-state index contributed by atoms with van der Waals surface area (Å²) < 4.78 is 1.96. The molecule has 0 bridgehead atoms. The van der Waals surface area contributed by atoms with Crippen molar-refractivity contribution in [1.29, 1.82) is 0 Å². The highest BCUT2D eigenvalue weighted by Gasteiger charge is 2.23. The third-order valence-corrected chi connectivity index (χ3v) is 5.04. The Morgan fingerprint density at radius 3 is 2.57 bits per heavy atom. The van der Waals surface area contributed by atoms with Crippen molar-refractivity contribution in [2.45, 2.75) is 0 Å². The highest BCUT2D eigenvalue weighted by molar-refractivity contribution is 14.1. The number of benzene rings is 1. The van der Waals surface area contributed by atoms with Crippen LogP contribution in [0.5, 0.6) is 0 Å². The molecule has 2 rings (SSSR count). The summed E-state index contributed by atoms with van der Waals surface area (Å²) in [5, 5.41) is 0. The van der Waals surface area contributed by atoms with Gasteiger partial charge in [0, 0.05) is 47.3 Å². The van der Waals surface area contributed by atoms with Crippen molar-refractivity contribution in [2.24, 2.45) is 0 Å². The average Bonchev–Trinajstić information content (AvgIpc) is 2.47. The molecule has 1 aromatic rings. The maximum absolute atomic E-state index is 12.6. The fourth-order valence-corrected chi connectivity index (χ4v) is 3.26. The zero-order valence-corrected chi connectivity index (χ0v) is 16.2. The summed E-state index contributed by atoms with van der Waals surface area (Å²) in [5.74, 6) is 0.132. The van der Waals surface area contributed by atoms with Crippen molar-refractivity contribution < 1.29 is 4.79 Å². The molecule has 0 saturated carbocycles. The number of likely N-dealkylation sites (N-methyl/N-ethyl adjacent to an activating group) is 1. The second-order valence-electron chi connectivity index (χ2n) is 5.56. The van der Waals surface area contributed by atoms with Crippen LogP contribution in [0.2, 0.25) is 0 Å². The number of halogens is 2. The standard InChI is InChI=1S/C15H21BrIN3O/c1-18(2)5-6-19-7-9-20(10-8-19)15(21)13-11-12(17)3-4-14(13)16/h3-4,11H,5-10H2,1-2H3. The molecule has 1 saturated heterocycles.